The van der Waals surface area contributed by atoms with E-state index in [1.807, 2.05) is 0 Å². The molecule has 0 spiro atoms. The fourth-order valence-corrected chi connectivity index (χ4v) is 2.62. The van der Waals surface area contributed by atoms with E-state index in [1.165, 1.54) is 12.1 Å². The molecular weight excluding hydrogens is 325 g/mol. The quantitative estimate of drug-likeness (QED) is 0.746. The van der Waals surface area contributed by atoms with Crippen LogP contribution in [0.1, 0.15) is 26.3 Å². The van der Waals surface area contributed by atoms with Gasteiger partial charge in [-0.3, -0.25) is 9.59 Å². The fourth-order valence-electron chi connectivity index (χ4n) is 2.28. The SMILES string of the molecule is Cc1cc(F)c(Br)cc1N1C(=O)c2ccccc2C1=O. The van der Waals surface area contributed by atoms with Crippen molar-refractivity contribution in [3.05, 3.63) is 63.4 Å². The Hall–Kier alpha value is -2.01. The van der Waals surface area contributed by atoms with Crippen LogP contribution in [0.5, 0.6) is 0 Å². The maximum Gasteiger partial charge on any atom is 0.266 e. The average Bonchev–Trinajstić information content (AvgIpc) is 2.68. The van der Waals surface area contributed by atoms with E-state index in [0.717, 1.165) is 4.90 Å². The highest BCUT2D eigenvalue weighted by molar-refractivity contribution is 9.10. The average molecular weight is 334 g/mol. The number of anilines is 1. The first-order valence-electron chi connectivity index (χ1n) is 5.94. The molecule has 0 bridgehead atoms. The van der Waals surface area contributed by atoms with Gasteiger partial charge in [-0.1, -0.05) is 12.1 Å². The standard InChI is InChI=1S/C15H9BrFNO2/c1-8-6-12(17)11(16)7-13(8)18-14(19)9-4-2-3-5-10(9)15(18)20/h2-7H,1H3. The number of halogens is 2. The molecule has 1 aliphatic rings. The van der Waals surface area contributed by atoms with E-state index >= 15 is 0 Å². The van der Waals surface area contributed by atoms with Crippen LogP contribution in [-0.4, -0.2) is 11.8 Å². The van der Waals surface area contributed by atoms with Gasteiger partial charge < -0.3 is 0 Å². The third-order valence-corrected chi connectivity index (χ3v) is 3.88. The van der Waals surface area contributed by atoms with Crippen molar-refractivity contribution in [3.63, 3.8) is 0 Å². The van der Waals surface area contributed by atoms with Gasteiger partial charge in [-0.2, -0.15) is 0 Å². The molecule has 0 saturated carbocycles. The van der Waals surface area contributed by atoms with E-state index in [9.17, 15) is 14.0 Å². The lowest BCUT2D eigenvalue weighted by atomic mass is 10.1. The maximum absolute atomic E-state index is 13.5. The molecule has 2 amide bonds. The summed E-state index contributed by atoms with van der Waals surface area (Å²) in [5.74, 6) is -1.19. The number of nitrogens with zero attached hydrogens (tertiary/aromatic N) is 1. The number of imide groups is 1. The Balaban J connectivity index is 2.17. The zero-order valence-corrected chi connectivity index (χ0v) is 12.1. The number of carbonyl (C=O) groups excluding carboxylic acids is 2. The summed E-state index contributed by atoms with van der Waals surface area (Å²) < 4.78 is 13.7. The molecule has 0 saturated heterocycles. The summed E-state index contributed by atoms with van der Waals surface area (Å²) in [5, 5.41) is 0. The zero-order valence-electron chi connectivity index (χ0n) is 10.5. The van der Waals surface area contributed by atoms with Crippen LogP contribution < -0.4 is 4.90 Å². The Kier molecular flexibility index (Phi) is 2.94. The summed E-state index contributed by atoms with van der Waals surface area (Å²) in [7, 11) is 0. The predicted molar refractivity (Wildman–Crippen MR) is 76.4 cm³/mol. The normalized spacial score (nSPS) is 13.8. The molecule has 3 nitrogen and oxygen atoms in total. The van der Waals surface area contributed by atoms with Crippen molar-refractivity contribution in [2.24, 2.45) is 0 Å². The summed E-state index contributed by atoms with van der Waals surface area (Å²) >= 11 is 3.08. The first-order chi connectivity index (χ1) is 9.50. The van der Waals surface area contributed by atoms with E-state index in [1.54, 1.807) is 31.2 Å². The molecule has 0 unspecified atom stereocenters. The van der Waals surface area contributed by atoms with Gasteiger partial charge in [0.15, 0.2) is 0 Å². The molecule has 20 heavy (non-hydrogen) atoms. The van der Waals surface area contributed by atoms with E-state index in [0.29, 0.717) is 22.4 Å². The second-order valence-corrected chi connectivity index (χ2v) is 5.40. The number of rotatable bonds is 1. The predicted octanol–water partition coefficient (Wildman–Crippen LogP) is 3.70. The van der Waals surface area contributed by atoms with Gasteiger partial charge in [0, 0.05) is 0 Å². The highest BCUT2D eigenvalue weighted by Gasteiger charge is 2.37. The van der Waals surface area contributed by atoms with Gasteiger partial charge in [0.05, 0.1) is 21.3 Å². The van der Waals surface area contributed by atoms with Gasteiger partial charge >= 0.3 is 0 Å². The van der Waals surface area contributed by atoms with Gasteiger partial charge in [0.1, 0.15) is 5.82 Å². The summed E-state index contributed by atoms with van der Waals surface area (Å²) in [6.45, 7) is 1.66. The molecule has 2 aromatic rings. The third-order valence-electron chi connectivity index (χ3n) is 3.27. The van der Waals surface area contributed by atoms with Crippen LogP contribution >= 0.6 is 15.9 Å². The second-order valence-electron chi connectivity index (χ2n) is 4.54. The molecule has 5 heteroatoms. The van der Waals surface area contributed by atoms with Crippen LogP contribution in [0.25, 0.3) is 0 Å². The van der Waals surface area contributed by atoms with E-state index in [-0.39, 0.29) is 16.3 Å². The highest BCUT2D eigenvalue weighted by atomic mass is 79.9. The number of amides is 2. The largest absolute Gasteiger partial charge is 0.268 e. The number of benzene rings is 2. The van der Waals surface area contributed by atoms with Crippen LogP contribution in [-0.2, 0) is 0 Å². The first-order valence-corrected chi connectivity index (χ1v) is 6.73. The van der Waals surface area contributed by atoms with Crippen molar-refractivity contribution in [3.8, 4) is 0 Å². The van der Waals surface area contributed by atoms with Gasteiger partial charge in [-0.05, 0) is 52.7 Å². The van der Waals surface area contributed by atoms with Crippen molar-refractivity contribution in [1.82, 2.24) is 0 Å². The molecule has 0 fully saturated rings. The number of fused-ring (bicyclic) bond motifs is 1. The van der Waals surface area contributed by atoms with Gasteiger partial charge in [-0.25, -0.2) is 9.29 Å². The molecule has 3 rings (SSSR count). The molecular formula is C15H9BrFNO2. The van der Waals surface area contributed by atoms with Gasteiger partial charge in [-0.15, -0.1) is 0 Å². The van der Waals surface area contributed by atoms with E-state index in [2.05, 4.69) is 15.9 Å². The summed E-state index contributed by atoms with van der Waals surface area (Å²) in [6, 6.07) is 9.39. The minimum absolute atomic E-state index is 0.217. The van der Waals surface area contributed by atoms with E-state index < -0.39 is 5.82 Å². The van der Waals surface area contributed by atoms with Crippen molar-refractivity contribution in [2.45, 2.75) is 6.92 Å². The molecule has 0 atom stereocenters. The molecule has 100 valence electrons. The lowest BCUT2D eigenvalue weighted by molar-refractivity contribution is 0.0926. The fraction of sp³-hybridized carbons (Fsp3) is 0.0667. The Morgan fingerprint density at radius 3 is 2.15 bits per heavy atom. The topological polar surface area (TPSA) is 37.4 Å². The number of hydrogen-bond acceptors (Lipinski definition) is 2. The molecule has 0 radical (unpaired) electrons. The Labute approximate surface area is 123 Å². The van der Waals surface area contributed by atoms with Crippen molar-refractivity contribution in [2.75, 3.05) is 4.90 Å². The molecule has 1 aliphatic heterocycles. The number of hydrogen-bond donors (Lipinski definition) is 0. The minimum Gasteiger partial charge on any atom is -0.268 e. The Morgan fingerprint density at radius 2 is 1.60 bits per heavy atom. The summed E-state index contributed by atoms with van der Waals surface area (Å²) in [4.78, 5) is 25.8. The Morgan fingerprint density at radius 1 is 1.05 bits per heavy atom. The first kappa shape index (κ1) is 13.0. The summed E-state index contributed by atoms with van der Waals surface area (Å²) in [5.41, 5.74) is 1.67. The molecule has 2 aromatic carbocycles. The lowest BCUT2D eigenvalue weighted by Crippen LogP contribution is -2.30. The Bertz CT molecular complexity index is 723. The van der Waals surface area contributed by atoms with Crippen molar-refractivity contribution in [1.29, 1.82) is 0 Å². The number of aryl methyl sites for hydroxylation is 1. The minimum atomic E-state index is -0.428. The second kappa shape index (κ2) is 4.52. The maximum atomic E-state index is 13.5. The third kappa shape index (κ3) is 1.78. The zero-order chi connectivity index (χ0) is 14.4. The monoisotopic (exact) mass is 333 g/mol. The van der Waals surface area contributed by atoms with Crippen LogP contribution in [0.15, 0.2) is 40.9 Å². The van der Waals surface area contributed by atoms with Crippen LogP contribution in [0.3, 0.4) is 0 Å². The van der Waals surface area contributed by atoms with Crippen LogP contribution in [0.2, 0.25) is 0 Å². The van der Waals surface area contributed by atoms with Gasteiger partial charge in [0.2, 0.25) is 0 Å². The summed E-state index contributed by atoms with van der Waals surface area (Å²) in [6.07, 6.45) is 0. The smallest absolute Gasteiger partial charge is 0.266 e. The molecule has 0 N–H and O–H groups in total. The van der Waals surface area contributed by atoms with Crippen molar-refractivity contribution < 1.29 is 14.0 Å². The molecule has 0 aliphatic carbocycles. The molecule has 1 heterocycles. The van der Waals surface area contributed by atoms with Crippen LogP contribution in [0.4, 0.5) is 10.1 Å². The van der Waals surface area contributed by atoms with Crippen molar-refractivity contribution >= 4 is 33.4 Å². The van der Waals surface area contributed by atoms with Crippen LogP contribution in [0, 0.1) is 12.7 Å². The van der Waals surface area contributed by atoms with Gasteiger partial charge in [0.25, 0.3) is 11.8 Å². The highest BCUT2D eigenvalue weighted by Crippen LogP contribution is 2.33. The number of carbonyl (C=O) groups is 2. The van der Waals surface area contributed by atoms with E-state index in [4.69, 9.17) is 0 Å². The molecule has 0 aromatic heterocycles. The lowest BCUT2D eigenvalue weighted by Gasteiger charge is -2.17.